The van der Waals surface area contributed by atoms with Crippen LogP contribution < -0.4 is 10.5 Å². The van der Waals surface area contributed by atoms with Crippen LogP contribution in [-0.2, 0) is 10.9 Å². The van der Waals surface area contributed by atoms with Crippen molar-refractivity contribution in [3.05, 3.63) is 29.5 Å². The van der Waals surface area contributed by atoms with E-state index in [-0.39, 0.29) is 24.2 Å². The van der Waals surface area contributed by atoms with Gasteiger partial charge >= 0.3 is 6.18 Å². The molecule has 0 aliphatic heterocycles. The highest BCUT2D eigenvalue weighted by atomic mass is 19.4. The van der Waals surface area contributed by atoms with Gasteiger partial charge in [-0.3, -0.25) is 0 Å². The van der Waals surface area contributed by atoms with E-state index >= 15 is 0 Å². The molecule has 0 aliphatic carbocycles. The molecule has 1 aromatic heterocycles. The van der Waals surface area contributed by atoms with Crippen molar-refractivity contribution in [3.63, 3.8) is 0 Å². The summed E-state index contributed by atoms with van der Waals surface area (Å²) in [7, 11) is 0. The number of nitrogens with zero attached hydrogens (tertiary/aromatic N) is 3. The Kier molecular flexibility index (Phi) is 4.99. The van der Waals surface area contributed by atoms with Crippen LogP contribution in [0.25, 0.3) is 11.3 Å². The van der Waals surface area contributed by atoms with Gasteiger partial charge in [0, 0.05) is 12.2 Å². The molecule has 23 heavy (non-hydrogen) atoms. The van der Waals surface area contributed by atoms with Gasteiger partial charge in [0.15, 0.2) is 6.79 Å². The number of aryl methyl sites for hydroxylation is 1. The van der Waals surface area contributed by atoms with Gasteiger partial charge in [0.05, 0.1) is 11.8 Å². The Labute approximate surface area is 130 Å². The van der Waals surface area contributed by atoms with E-state index in [1.807, 2.05) is 0 Å². The molecular weight excluding hydrogens is 313 g/mol. The lowest BCUT2D eigenvalue weighted by atomic mass is 10.0. The Bertz CT molecular complexity index is 675. The summed E-state index contributed by atoms with van der Waals surface area (Å²) in [5.74, 6) is -0.0401. The zero-order valence-electron chi connectivity index (χ0n) is 12.5. The molecule has 0 aliphatic rings. The van der Waals surface area contributed by atoms with E-state index in [9.17, 15) is 13.2 Å². The molecule has 2 aromatic rings. The maximum Gasteiger partial charge on any atom is 0.416 e. The zero-order valence-corrected chi connectivity index (χ0v) is 12.5. The lowest BCUT2D eigenvalue weighted by Crippen LogP contribution is -2.10. The summed E-state index contributed by atoms with van der Waals surface area (Å²) in [5, 5.41) is 7.46. The van der Waals surface area contributed by atoms with Crippen LogP contribution in [-0.4, -0.2) is 28.6 Å². The van der Waals surface area contributed by atoms with Crippen molar-refractivity contribution in [3.8, 4) is 17.0 Å². The highest BCUT2D eigenvalue weighted by Crippen LogP contribution is 2.38. The highest BCUT2D eigenvalue weighted by Gasteiger charge is 2.32. The number of ether oxygens (including phenoxy) is 2. The minimum atomic E-state index is -4.49. The fourth-order valence-corrected chi connectivity index (χ4v) is 1.95. The van der Waals surface area contributed by atoms with E-state index in [0.29, 0.717) is 17.7 Å². The average molecular weight is 328 g/mol. The van der Waals surface area contributed by atoms with Crippen molar-refractivity contribution in [1.82, 2.24) is 15.2 Å². The van der Waals surface area contributed by atoms with Gasteiger partial charge in [-0.1, -0.05) is 0 Å². The third kappa shape index (κ3) is 4.07. The van der Waals surface area contributed by atoms with Crippen molar-refractivity contribution < 1.29 is 22.6 Å². The lowest BCUT2D eigenvalue weighted by molar-refractivity contribution is -0.137. The molecule has 0 saturated carbocycles. The molecule has 1 aromatic carbocycles. The van der Waals surface area contributed by atoms with Gasteiger partial charge in [0.2, 0.25) is 5.95 Å². The van der Waals surface area contributed by atoms with E-state index in [2.05, 4.69) is 15.2 Å². The second-order valence-electron chi connectivity index (χ2n) is 4.62. The van der Waals surface area contributed by atoms with Crippen molar-refractivity contribution in [2.75, 3.05) is 19.1 Å². The summed E-state index contributed by atoms with van der Waals surface area (Å²) in [6, 6.07) is 1.92. The Morgan fingerprint density at radius 1 is 1.22 bits per heavy atom. The Balaban J connectivity index is 2.52. The first kappa shape index (κ1) is 16.9. The minimum absolute atomic E-state index is 0.00773. The van der Waals surface area contributed by atoms with Gasteiger partial charge < -0.3 is 15.2 Å². The fraction of sp³-hybridized carbons (Fsp3) is 0.357. The summed E-state index contributed by atoms with van der Waals surface area (Å²) < 4.78 is 49.3. The van der Waals surface area contributed by atoms with Gasteiger partial charge in [-0.25, -0.2) is 4.98 Å². The molecule has 6 nitrogen and oxygen atoms in total. The Hall–Kier alpha value is -2.42. The quantitative estimate of drug-likeness (QED) is 0.671. The van der Waals surface area contributed by atoms with Gasteiger partial charge in [0.1, 0.15) is 11.4 Å². The van der Waals surface area contributed by atoms with Gasteiger partial charge in [-0.2, -0.15) is 13.2 Å². The SMILES string of the molecule is CCOCOc1cc(C(F)(F)F)cc(C)c1-c1cnc(N)nn1. The number of nitrogen functional groups attached to an aromatic ring is 1. The van der Waals surface area contributed by atoms with Crippen LogP contribution in [0, 0.1) is 6.92 Å². The molecule has 0 atom stereocenters. The van der Waals surface area contributed by atoms with E-state index in [1.54, 1.807) is 6.92 Å². The van der Waals surface area contributed by atoms with Crippen LogP contribution in [0.1, 0.15) is 18.1 Å². The number of halogens is 3. The van der Waals surface area contributed by atoms with Crippen molar-refractivity contribution in [1.29, 1.82) is 0 Å². The largest absolute Gasteiger partial charge is 0.467 e. The highest BCUT2D eigenvalue weighted by molar-refractivity contribution is 5.71. The second kappa shape index (κ2) is 6.78. The Morgan fingerprint density at radius 2 is 1.96 bits per heavy atom. The molecule has 0 unspecified atom stereocenters. The summed E-state index contributed by atoms with van der Waals surface area (Å²) in [6.45, 7) is 3.46. The van der Waals surface area contributed by atoms with Crippen molar-refractivity contribution in [2.45, 2.75) is 20.0 Å². The molecule has 0 saturated heterocycles. The topological polar surface area (TPSA) is 83.2 Å². The molecule has 124 valence electrons. The Morgan fingerprint density at radius 3 is 2.52 bits per heavy atom. The van der Waals surface area contributed by atoms with Crippen LogP contribution in [0.3, 0.4) is 0 Å². The van der Waals surface area contributed by atoms with Crippen LogP contribution in [0.15, 0.2) is 18.3 Å². The molecule has 2 N–H and O–H groups in total. The average Bonchev–Trinajstić information content (AvgIpc) is 2.47. The second-order valence-corrected chi connectivity index (χ2v) is 4.62. The molecule has 0 bridgehead atoms. The van der Waals surface area contributed by atoms with Crippen LogP contribution >= 0.6 is 0 Å². The molecule has 0 spiro atoms. The molecule has 1 heterocycles. The summed E-state index contributed by atoms with van der Waals surface area (Å²) in [5.41, 5.74) is 5.50. The summed E-state index contributed by atoms with van der Waals surface area (Å²) in [4.78, 5) is 3.80. The third-order valence-corrected chi connectivity index (χ3v) is 2.96. The number of hydrogen-bond donors (Lipinski definition) is 1. The normalized spacial score (nSPS) is 11.5. The molecule has 9 heteroatoms. The first-order valence-corrected chi connectivity index (χ1v) is 6.71. The summed E-state index contributed by atoms with van der Waals surface area (Å²) >= 11 is 0. The van der Waals surface area contributed by atoms with Gasteiger partial charge in [-0.15, -0.1) is 10.2 Å². The van der Waals surface area contributed by atoms with E-state index in [4.69, 9.17) is 15.2 Å². The van der Waals surface area contributed by atoms with Gasteiger partial charge in [0.25, 0.3) is 0 Å². The van der Waals surface area contributed by atoms with Crippen LogP contribution in [0.5, 0.6) is 5.75 Å². The molecular formula is C14H15F3N4O2. The zero-order chi connectivity index (χ0) is 17.0. The predicted molar refractivity (Wildman–Crippen MR) is 76.5 cm³/mol. The smallest absolute Gasteiger partial charge is 0.416 e. The predicted octanol–water partition coefficient (Wildman–Crippen LogP) is 2.82. The number of anilines is 1. The lowest BCUT2D eigenvalue weighted by Gasteiger charge is -2.16. The first-order chi connectivity index (χ1) is 10.8. The van der Waals surface area contributed by atoms with Gasteiger partial charge in [-0.05, 0) is 31.5 Å². The maximum atomic E-state index is 13.0. The number of benzene rings is 1. The van der Waals surface area contributed by atoms with Crippen molar-refractivity contribution >= 4 is 5.95 Å². The number of nitrogens with two attached hydrogens (primary N) is 1. The minimum Gasteiger partial charge on any atom is -0.467 e. The van der Waals surface area contributed by atoms with Crippen LogP contribution in [0.4, 0.5) is 19.1 Å². The first-order valence-electron chi connectivity index (χ1n) is 6.71. The monoisotopic (exact) mass is 328 g/mol. The van der Waals surface area contributed by atoms with Crippen molar-refractivity contribution in [2.24, 2.45) is 0 Å². The van der Waals surface area contributed by atoms with E-state index in [0.717, 1.165) is 12.1 Å². The maximum absolute atomic E-state index is 13.0. The van der Waals surface area contributed by atoms with E-state index in [1.165, 1.54) is 13.1 Å². The number of rotatable bonds is 5. The molecule has 0 fully saturated rings. The van der Waals surface area contributed by atoms with Crippen LogP contribution in [0.2, 0.25) is 0 Å². The molecule has 2 rings (SSSR count). The fourth-order valence-electron chi connectivity index (χ4n) is 1.95. The third-order valence-electron chi connectivity index (χ3n) is 2.96. The molecule has 0 amide bonds. The molecule has 0 radical (unpaired) electrons. The standard InChI is InChI=1S/C14H15F3N4O2/c1-3-22-7-23-11-5-9(14(15,16)17)4-8(2)12(11)10-6-19-13(18)21-20-10/h4-6H,3,7H2,1-2H3,(H2,18,19,21). The number of hydrogen-bond acceptors (Lipinski definition) is 6. The number of aromatic nitrogens is 3. The van der Waals surface area contributed by atoms with E-state index < -0.39 is 11.7 Å². The number of alkyl halides is 3. The summed E-state index contributed by atoms with van der Waals surface area (Å²) in [6.07, 6.45) is -3.16.